The van der Waals surface area contributed by atoms with Gasteiger partial charge in [0, 0.05) is 12.6 Å². The average molecular weight is 571 g/mol. The third kappa shape index (κ3) is 11.6. The lowest BCUT2D eigenvalue weighted by Crippen LogP contribution is -2.49. The van der Waals surface area contributed by atoms with Crippen molar-refractivity contribution in [1.29, 1.82) is 5.41 Å². The molecule has 11 heteroatoms. The molecule has 0 spiro atoms. The van der Waals surface area contributed by atoms with Crippen molar-refractivity contribution in [3.05, 3.63) is 28.8 Å². The highest BCUT2D eigenvalue weighted by Crippen LogP contribution is 2.37. The molecule has 0 radical (unpaired) electrons. The van der Waals surface area contributed by atoms with Gasteiger partial charge in [-0.25, -0.2) is 4.79 Å². The van der Waals surface area contributed by atoms with Crippen LogP contribution in [0.2, 0.25) is 23.2 Å². The van der Waals surface area contributed by atoms with Crippen LogP contribution in [-0.4, -0.2) is 69.0 Å². The third-order valence-corrected chi connectivity index (χ3v) is 10.7. The van der Waals surface area contributed by atoms with Crippen molar-refractivity contribution >= 4 is 37.6 Å². The number of hydrogen-bond acceptors (Lipinski definition) is 7. The van der Waals surface area contributed by atoms with Crippen LogP contribution >= 0.6 is 11.6 Å². The van der Waals surface area contributed by atoms with Crippen molar-refractivity contribution in [3.63, 3.8) is 0 Å². The number of ether oxygens (including phenoxy) is 2. The number of amides is 1. The smallest absolute Gasteiger partial charge is 0.410 e. The van der Waals surface area contributed by atoms with Crippen LogP contribution in [0.5, 0.6) is 5.75 Å². The fourth-order valence-corrected chi connectivity index (χ4v) is 4.45. The van der Waals surface area contributed by atoms with Gasteiger partial charge in [0.2, 0.25) is 0 Å². The molecule has 2 atom stereocenters. The van der Waals surface area contributed by atoms with Gasteiger partial charge in [0.05, 0.1) is 23.4 Å². The molecule has 0 bridgehead atoms. The summed E-state index contributed by atoms with van der Waals surface area (Å²) in [6, 6.07) is 5.11. The number of nitrogens with one attached hydrogen (secondary N) is 2. The number of amidine groups is 1. The van der Waals surface area contributed by atoms with E-state index in [1.54, 1.807) is 32.2 Å². The first kappa shape index (κ1) is 33.7. The summed E-state index contributed by atoms with van der Waals surface area (Å²) in [5.41, 5.74) is 0.634. The molecule has 38 heavy (non-hydrogen) atoms. The number of rotatable bonds is 11. The van der Waals surface area contributed by atoms with E-state index in [-0.39, 0.29) is 17.5 Å². The number of likely N-dealkylation sites (N-methyl/N-ethyl adjacent to an activating group) is 1. The fraction of sp³-hybridized carbons (Fsp3) is 0.667. The van der Waals surface area contributed by atoms with Gasteiger partial charge in [-0.3, -0.25) is 5.41 Å². The zero-order chi connectivity index (χ0) is 29.5. The summed E-state index contributed by atoms with van der Waals surface area (Å²) in [6.07, 6.45) is -1.34. The first-order chi connectivity index (χ1) is 17.2. The minimum absolute atomic E-state index is 0.0247. The van der Waals surface area contributed by atoms with Gasteiger partial charge >= 0.3 is 6.09 Å². The van der Waals surface area contributed by atoms with E-state index >= 15 is 0 Å². The third-order valence-electron chi connectivity index (χ3n) is 5.83. The van der Waals surface area contributed by atoms with Gasteiger partial charge in [0.1, 0.15) is 23.8 Å². The molecule has 1 aromatic carbocycles. The molecular weight excluding hydrogens is 524 g/mol. The Balaban J connectivity index is 3.06. The molecule has 0 aliphatic heterocycles. The monoisotopic (exact) mass is 570 g/mol. The molecule has 9 nitrogen and oxygen atoms in total. The molecule has 2 N–H and O–H groups in total. The average Bonchev–Trinajstić information content (AvgIpc) is 2.74. The van der Waals surface area contributed by atoms with Crippen LogP contribution in [0.3, 0.4) is 0 Å². The Hall–Kier alpha value is -2.30. The van der Waals surface area contributed by atoms with E-state index in [0.717, 1.165) is 5.71 Å². The molecule has 0 saturated heterocycles. The summed E-state index contributed by atoms with van der Waals surface area (Å²) in [4.78, 5) is 19.4. The van der Waals surface area contributed by atoms with Crippen molar-refractivity contribution in [3.8, 4) is 5.75 Å². The lowest BCUT2D eigenvalue weighted by atomic mass is 10.2. The van der Waals surface area contributed by atoms with E-state index in [1.807, 2.05) is 34.6 Å². The molecule has 2 unspecified atom stereocenters. The van der Waals surface area contributed by atoms with Gasteiger partial charge in [-0.1, -0.05) is 37.5 Å². The van der Waals surface area contributed by atoms with Gasteiger partial charge in [-0.15, -0.1) is 0 Å². The van der Waals surface area contributed by atoms with Crippen molar-refractivity contribution in [2.24, 2.45) is 5.16 Å². The summed E-state index contributed by atoms with van der Waals surface area (Å²) in [5.74, 6) is 0.603. The lowest BCUT2D eigenvalue weighted by Gasteiger charge is -2.40. The maximum atomic E-state index is 12.6. The highest BCUT2D eigenvalue weighted by atomic mass is 35.5. The highest BCUT2D eigenvalue weighted by Gasteiger charge is 2.40. The Morgan fingerprint density at radius 1 is 1.18 bits per heavy atom. The first-order valence-corrected chi connectivity index (χ1v) is 16.1. The first-order valence-electron chi connectivity index (χ1n) is 12.8. The van der Waals surface area contributed by atoms with Crippen LogP contribution in [-0.2, 0) is 14.0 Å². The Kier molecular flexibility index (Phi) is 12.1. The van der Waals surface area contributed by atoms with Gasteiger partial charge in [-0.2, -0.15) is 0 Å². The van der Waals surface area contributed by atoms with Crippen molar-refractivity contribution < 1.29 is 23.5 Å². The SMILES string of the molecule is CC(C)=NOC(C)NC(=N)c1cc(OCC(CN(C)C(=O)OC(C)(C)C)O[Si](C)(C)C(C)(C)C)ccc1Cl. The molecule has 0 saturated carbocycles. The number of carbonyl (C=O) groups excluding carboxylic acids is 1. The Bertz CT molecular complexity index is 985. The minimum atomic E-state index is -2.18. The van der Waals surface area contributed by atoms with Crippen molar-refractivity contribution in [2.45, 2.75) is 98.4 Å². The van der Waals surface area contributed by atoms with Crippen LogP contribution in [0, 0.1) is 5.41 Å². The van der Waals surface area contributed by atoms with Crippen LogP contribution in [0.15, 0.2) is 23.4 Å². The van der Waals surface area contributed by atoms with Crippen LogP contribution in [0.1, 0.15) is 67.9 Å². The van der Waals surface area contributed by atoms with E-state index in [4.69, 9.17) is 35.7 Å². The molecule has 0 aromatic heterocycles. The summed E-state index contributed by atoms with van der Waals surface area (Å²) in [6.45, 7) is 22.2. The van der Waals surface area contributed by atoms with E-state index in [2.05, 4.69) is 44.3 Å². The summed E-state index contributed by atoms with van der Waals surface area (Å²) < 4.78 is 18.3. The van der Waals surface area contributed by atoms with E-state index < -0.39 is 32.3 Å². The quantitative estimate of drug-likeness (QED) is 0.101. The zero-order valence-electron chi connectivity index (χ0n) is 25.1. The predicted molar refractivity (Wildman–Crippen MR) is 157 cm³/mol. The summed E-state index contributed by atoms with van der Waals surface area (Å²) in [5, 5.41) is 15.7. The maximum absolute atomic E-state index is 12.6. The maximum Gasteiger partial charge on any atom is 0.410 e. The Morgan fingerprint density at radius 2 is 1.79 bits per heavy atom. The number of benzene rings is 1. The number of nitrogens with zero attached hydrogens (tertiary/aromatic N) is 2. The molecule has 1 amide bonds. The zero-order valence-corrected chi connectivity index (χ0v) is 26.9. The van der Waals surface area contributed by atoms with Crippen LogP contribution < -0.4 is 10.1 Å². The topological polar surface area (TPSA) is 105 Å². The minimum Gasteiger partial charge on any atom is -0.491 e. The molecule has 0 heterocycles. The molecule has 1 rings (SSSR count). The van der Waals surface area contributed by atoms with Crippen LogP contribution in [0.25, 0.3) is 0 Å². The molecule has 1 aromatic rings. The van der Waals surface area contributed by atoms with Crippen molar-refractivity contribution in [1.82, 2.24) is 10.2 Å². The summed E-state index contributed by atoms with van der Waals surface area (Å²) in [7, 11) is -0.484. The fourth-order valence-electron chi connectivity index (χ4n) is 2.90. The van der Waals surface area contributed by atoms with Crippen LogP contribution in [0.4, 0.5) is 4.79 Å². The van der Waals surface area contributed by atoms with Gasteiger partial charge in [0.15, 0.2) is 14.5 Å². The number of hydrogen-bond donors (Lipinski definition) is 2. The van der Waals surface area contributed by atoms with Gasteiger partial charge in [-0.05, 0) is 77.9 Å². The second kappa shape index (κ2) is 13.7. The second-order valence-electron chi connectivity index (χ2n) is 12.1. The number of halogens is 1. The number of oxime groups is 1. The molecule has 0 aliphatic carbocycles. The molecule has 216 valence electrons. The standard InChI is InChI=1S/C27H47ClN4O5Si/c1-18(2)31-36-19(3)30-24(29)22-15-20(13-14-23(22)28)34-17-21(37-38(11,12)27(7,8)9)16-32(10)25(33)35-26(4,5)6/h13-15,19,21H,16-17H2,1-12H3,(H2,29,30). The highest BCUT2D eigenvalue weighted by molar-refractivity contribution is 6.74. The normalized spacial score (nSPS) is 13.7. The van der Waals surface area contributed by atoms with Crippen molar-refractivity contribution in [2.75, 3.05) is 20.2 Å². The Labute approximate surface area is 234 Å². The molecule has 0 fully saturated rings. The molecule has 0 aliphatic rings. The van der Waals surface area contributed by atoms with E-state index in [9.17, 15) is 4.79 Å². The number of carbonyl (C=O) groups is 1. The predicted octanol–water partition coefficient (Wildman–Crippen LogP) is 6.65. The second-order valence-corrected chi connectivity index (χ2v) is 17.3. The molecular formula is C27H47ClN4O5Si. The summed E-state index contributed by atoms with van der Waals surface area (Å²) >= 11 is 6.38. The lowest BCUT2D eigenvalue weighted by molar-refractivity contribution is 0.0172. The van der Waals surface area contributed by atoms with E-state index in [1.165, 1.54) is 4.90 Å². The van der Waals surface area contributed by atoms with Gasteiger partial charge < -0.3 is 29.0 Å². The van der Waals surface area contributed by atoms with Gasteiger partial charge in [0.25, 0.3) is 0 Å². The van der Waals surface area contributed by atoms with E-state index in [0.29, 0.717) is 22.9 Å². The Morgan fingerprint density at radius 3 is 2.32 bits per heavy atom. The largest absolute Gasteiger partial charge is 0.491 e.